The van der Waals surface area contributed by atoms with Crippen LogP contribution in [0.5, 0.6) is 0 Å². The predicted molar refractivity (Wildman–Crippen MR) is 82.4 cm³/mol. The molecule has 3 unspecified atom stereocenters. The molecule has 2 fully saturated rings. The molecule has 0 amide bonds. The minimum absolute atomic E-state index is 0.200. The van der Waals surface area contributed by atoms with Crippen LogP contribution in [0.3, 0.4) is 0 Å². The standard InChI is InChI=1S/C17H24O3S/c1-12-4-8-15(9-5-12)21(18,19)20-11-16-13-6-7-14(10-13)17(16,2)3/h4-5,8-9,13-14,16H,6-7,10-11H2,1-3H3. The number of hydrogen-bond donors (Lipinski definition) is 0. The van der Waals surface area contributed by atoms with Crippen LogP contribution in [0.2, 0.25) is 0 Å². The van der Waals surface area contributed by atoms with Gasteiger partial charge in [0.1, 0.15) is 0 Å². The predicted octanol–water partition coefficient (Wildman–Crippen LogP) is 3.77. The van der Waals surface area contributed by atoms with Crippen molar-refractivity contribution in [3.8, 4) is 0 Å². The molecule has 0 radical (unpaired) electrons. The maximum absolute atomic E-state index is 12.3. The van der Waals surface area contributed by atoms with Gasteiger partial charge in [-0.1, -0.05) is 31.5 Å². The molecule has 0 aliphatic heterocycles. The molecule has 116 valence electrons. The number of rotatable bonds is 4. The van der Waals surface area contributed by atoms with Crippen LogP contribution < -0.4 is 0 Å². The molecule has 0 heterocycles. The van der Waals surface area contributed by atoms with E-state index in [-0.39, 0.29) is 10.3 Å². The molecule has 21 heavy (non-hydrogen) atoms. The topological polar surface area (TPSA) is 43.4 Å². The van der Waals surface area contributed by atoms with Crippen molar-refractivity contribution < 1.29 is 12.6 Å². The first-order valence-electron chi connectivity index (χ1n) is 7.77. The molecule has 2 aliphatic rings. The van der Waals surface area contributed by atoms with E-state index in [1.54, 1.807) is 24.3 Å². The zero-order valence-corrected chi connectivity index (χ0v) is 13.8. The first-order chi connectivity index (χ1) is 9.80. The molecular formula is C17H24O3S. The first-order valence-corrected chi connectivity index (χ1v) is 9.17. The quantitative estimate of drug-likeness (QED) is 0.795. The Bertz CT molecular complexity index is 616. The maximum atomic E-state index is 12.3. The summed E-state index contributed by atoms with van der Waals surface area (Å²) in [7, 11) is -3.63. The Morgan fingerprint density at radius 1 is 1.19 bits per heavy atom. The molecule has 0 N–H and O–H groups in total. The van der Waals surface area contributed by atoms with Crippen molar-refractivity contribution >= 4 is 10.1 Å². The molecule has 0 aromatic heterocycles. The summed E-state index contributed by atoms with van der Waals surface area (Å²) < 4.78 is 30.0. The van der Waals surface area contributed by atoms with Crippen molar-refractivity contribution in [2.24, 2.45) is 23.2 Å². The van der Waals surface area contributed by atoms with Crippen LogP contribution in [0.1, 0.15) is 38.7 Å². The Hall–Kier alpha value is -0.870. The zero-order chi connectivity index (χ0) is 15.3. The van der Waals surface area contributed by atoms with E-state index in [0.29, 0.717) is 18.4 Å². The number of aryl methyl sites for hydroxylation is 1. The summed E-state index contributed by atoms with van der Waals surface area (Å²) in [6.45, 7) is 6.80. The van der Waals surface area contributed by atoms with Crippen LogP contribution >= 0.6 is 0 Å². The van der Waals surface area contributed by atoms with E-state index in [9.17, 15) is 8.42 Å². The Kier molecular flexibility index (Phi) is 3.65. The molecule has 2 bridgehead atoms. The van der Waals surface area contributed by atoms with Crippen LogP contribution in [-0.2, 0) is 14.3 Å². The van der Waals surface area contributed by atoms with Crippen LogP contribution in [0, 0.1) is 30.1 Å². The van der Waals surface area contributed by atoms with Gasteiger partial charge in [-0.3, -0.25) is 4.18 Å². The smallest absolute Gasteiger partial charge is 0.266 e. The van der Waals surface area contributed by atoms with Crippen molar-refractivity contribution in [1.29, 1.82) is 0 Å². The van der Waals surface area contributed by atoms with Crippen LogP contribution in [0.25, 0.3) is 0 Å². The Balaban J connectivity index is 1.71. The molecule has 0 spiro atoms. The average Bonchev–Trinajstić information content (AvgIpc) is 2.96. The van der Waals surface area contributed by atoms with E-state index in [4.69, 9.17) is 4.18 Å². The van der Waals surface area contributed by atoms with Gasteiger partial charge in [0.25, 0.3) is 10.1 Å². The molecule has 2 saturated carbocycles. The number of benzene rings is 1. The molecule has 3 atom stereocenters. The van der Waals surface area contributed by atoms with Gasteiger partial charge in [-0.05, 0) is 61.5 Å². The minimum atomic E-state index is -3.63. The highest BCUT2D eigenvalue weighted by molar-refractivity contribution is 7.86. The van der Waals surface area contributed by atoms with Gasteiger partial charge in [0, 0.05) is 0 Å². The fraction of sp³-hybridized carbons (Fsp3) is 0.647. The fourth-order valence-electron chi connectivity index (χ4n) is 4.25. The molecule has 4 heteroatoms. The second-order valence-electron chi connectivity index (χ2n) is 7.25. The molecule has 1 aromatic carbocycles. The monoisotopic (exact) mass is 308 g/mol. The summed E-state index contributed by atoms with van der Waals surface area (Å²) in [5.74, 6) is 1.73. The normalized spacial score (nSPS) is 30.7. The molecule has 3 nitrogen and oxygen atoms in total. The van der Waals surface area contributed by atoms with Gasteiger partial charge in [0.2, 0.25) is 0 Å². The van der Waals surface area contributed by atoms with Crippen molar-refractivity contribution in [3.63, 3.8) is 0 Å². The molecular weight excluding hydrogens is 284 g/mol. The van der Waals surface area contributed by atoms with Gasteiger partial charge in [-0.25, -0.2) is 0 Å². The lowest BCUT2D eigenvalue weighted by atomic mass is 9.69. The van der Waals surface area contributed by atoms with Gasteiger partial charge in [-0.2, -0.15) is 8.42 Å². The Morgan fingerprint density at radius 3 is 2.43 bits per heavy atom. The van der Waals surface area contributed by atoms with Crippen molar-refractivity contribution in [1.82, 2.24) is 0 Å². The van der Waals surface area contributed by atoms with Gasteiger partial charge < -0.3 is 0 Å². The molecule has 2 aliphatic carbocycles. The molecule has 1 aromatic rings. The highest BCUT2D eigenvalue weighted by Gasteiger charge is 2.52. The second kappa shape index (κ2) is 5.10. The SMILES string of the molecule is Cc1ccc(S(=O)(=O)OCC2C3CCC(C3)C2(C)C)cc1. The van der Waals surface area contributed by atoms with Gasteiger partial charge in [0.05, 0.1) is 11.5 Å². The average molecular weight is 308 g/mol. The van der Waals surface area contributed by atoms with E-state index < -0.39 is 10.1 Å². The summed E-state index contributed by atoms with van der Waals surface area (Å²) in [5, 5.41) is 0. The van der Waals surface area contributed by atoms with E-state index in [1.807, 2.05) is 6.92 Å². The lowest BCUT2D eigenvalue weighted by molar-refractivity contribution is 0.0761. The fourth-order valence-corrected chi connectivity index (χ4v) is 5.19. The van der Waals surface area contributed by atoms with E-state index >= 15 is 0 Å². The van der Waals surface area contributed by atoms with E-state index in [0.717, 1.165) is 11.5 Å². The third kappa shape index (κ3) is 2.64. The third-order valence-electron chi connectivity index (χ3n) is 5.76. The summed E-state index contributed by atoms with van der Waals surface area (Å²) in [6, 6.07) is 6.85. The van der Waals surface area contributed by atoms with Crippen molar-refractivity contribution in [2.75, 3.05) is 6.61 Å². The number of hydrogen-bond acceptors (Lipinski definition) is 3. The molecule has 3 rings (SSSR count). The van der Waals surface area contributed by atoms with Crippen LogP contribution in [-0.4, -0.2) is 15.0 Å². The minimum Gasteiger partial charge on any atom is -0.266 e. The van der Waals surface area contributed by atoms with Crippen molar-refractivity contribution in [2.45, 2.75) is 44.9 Å². The number of fused-ring (bicyclic) bond motifs is 2. The first kappa shape index (κ1) is 15.0. The summed E-state index contributed by atoms with van der Waals surface area (Å²) in [6.07, 6.45) is 3.76. The highest BCUT2D eigenvalue weighted by atomic mass is 32.2. The zero-order valence-electron chi connectivity index (χ0n) is 13.0. The second-order valence-corrected chi connectivity index (χ2v) is 8.86. The van der Waals surface area contributed by atoms with Crippen LogP contribution in [0.15, 0.2) is 29.2 Å². The third-order valence-corrected chi connectivity index (χ3v) is 7.06. The highest BCUT2D eigenvalue weighted by Crippen LogP contribution is 2.59. The summed E-state index contributed by atoms with van der Waals surface area (Å²) in [5.41, 5.74) is 1.24. The van der Waals surface area contributed by atoms with E-state index in [1.165, 1.54) is 19.3 Å². The Morgan fingerprint density at radius 2 is 1.86 bits per heavy atom. The lowest BCUT2D eigenvalue weighted by Gasteiger charge is -2.37. The molecule has 0 saturated heterocycles. The van der Waals surface area contributed by atoms with Gasteiger partial charge in [0.15, 0.2) is 0 Å². The van der Waals surface area contributed by atoms with Gasteiger partial charge >= 0.3 is 0 Å². The van der Waals surface area contributed by atoms with Gasteiger partial charge in [-0.15, -0.1) is 0 Å². The van der Waals surface area contributed by atoms with E-state index in [2.05, 4.69) is 13.8 Å². The van der Waals surface area contributed by atoms with Crippen molar-refractivity contribution in [3.05, 3.63) is 29.8 Å². The van der Waals surface area contributed by atoms with Crippen LogP contribution in [0.4, 0.5) is 0 Å². The largest absolute Gasteiger partial charge is 0.296 e. The Labute approximate surface area is 127 Å². The lowest BCUT2D eigenvalue weighted by Crippen LogP contribution is -2.34. The summed E-state index contributed by atoms with van der Waals surface area (Å²) in [4.78, 5) is 0.258. The summed E-state index contributed by atoms with van der Waals surface area (Å²) >= 11 is 0. The maximum Gasteiger partial charge on any atom is 0.296 e.